The third-order valence-corrected chi connectivity index (χ3v) is 5.45. The van der Waals surface area contributed by atoms with Gasteiger partial charge in [-0.25, -0.2) is 4.79 Å². The van der Waals surface area contributed by atoms with E-state index in [2.05, 4.69) is 11.0 Å². The van der Waals surface area contributed by atoms with E-state index in [1.165, 1.54) is 0 Å². The van der Waals surface area contributed by atoms with Crippen LogP contribution in [-0.2, 0) is 4.79 Å². The fourth-order valence-electron chi connectivity index (χ4n) is 4.08. The Labute approximate surface area is 168 Å². The third-order valence-electron chi connectivity index (χ3n) is 5.45. The van der Waals surface area contributed by atoms with Gasteiger partial charge in [-0.2, -0.15) is 0 Å². The summed E-state index contributed by atoms with van der Waals surface area (Å²) in [5.74, 6) is 0.287. The molecule has 3 aromatic carbocycles. The summed E-state index contributed by atoms with van der Waals surface area (Å²) in [6, 6.07) is 18.4. The number of phenolic OH excluding ortho intramolecular Hbond substituents is 1. The van der Waals surface area contributed by atoms with E-state index in [1.54, 1.807) is 24.3 Å². The van der Waals surface area contributed by atoms with Crippen LogP contribution in [0.3, 0.4) is 0 Å². The Morgan fingerprint density at radius 2 is 1.93 bits per heavy atom. The molecule has 4 heteroatoms. The summed E-state index contributed by atoms with van der Waals surface area (Å²) in [6.07, 6.45) is 6.78. The van der Waals surface area contributed by atoms with Crippen LogP contribution >= 0.6 is 0 Å². The Morgan fingerprint density at radius 3 is 2.83 bits per heavy atom. The van der Waals surface area contributed by atoms with Crippen LogP contribution in [0.5, 0.6) is 11.5 Å². The predicted octanol–water partition coefficient (Wildman–Crippen LogP) is 5.20. The smallest absolute Gasteiger partial charge is 0.344 e. The molecule has 0 amide bonds. The lowest BCUT2D eigenvalue weighted by Crippen LogP contribution is -2.27. The molecule has 5 rings (SSSR count). The number of likely N-dealkylation sites (N-methyl/N-ethyl adjacent to an activating group) is 1. The minimum atomic E-state index is -0.373. The van der Waals surface area contributed by atoms with Crippen molar-refractivity contribution in [2.75, 3.05) is 11.9 Å². The number of carbonyl (C=O) groups is 1. The Morgan fingerprint density at radius 1 is 1.07 bits per heavy atom. The summed E-state index contributed by atoms with van der Waals surface area (Å²) in [5, 5.41) is 11.3. The Hall–Kier alpha value is -3.79. The van der Waals surface area contributed by atoms with E-state index in [0.717, 1.165) is 33.3 Å². The summed E-state index contributed by atoms with van der Waals surface area (Å²) in [5.41, 5.74) is 4.44. The Balaban J connectivity index is 1.62. The average molecular weight is 381 g/mol. The van der Waals surface area contributed by atoms with Crippen LogP contribution in [0, 0.1) is 0 Å². The van der Waals surface area contributed by atoms with Gasteiger partial charge in [0.25, 0.3) is 0 Å². The van der Waals surface area contributed by atoms with Crippen LogP contribution in [0.4, 0.5) is 5.69 Å². The van der Waals surface area contributed by atoms with Crippen molar-refractivity contribution in [3.8, 4) is 11.5 Å². The van der Waals surface area contributed by atoms with Crippen molar-refractivity contribution in [3.05, 3.63) is 95.7 Å². The van der Waals surface area contributed by atoms with Gasteiger partial charge in [0.05, 0.1) is 5.57 Å². The summed E-state index contributed by atoms with van der Waals surface area (Å²) in [7, 11) is 2.02. The van der Waals surface area contributed by atoms with E-state index >= 15 is 0 Å². The number of ether oxygens (including phenoxy) is 1. The molecule has 0 atom stereocenters. The number of para-hydroxylation sites is 1. The minimum absolute atomic E-state index is 0.180. The van der Waals surface area contributed by atoms with E-state index in [0.29, 0.717) is 17.7 Å². The SMILES string of the molecule is CN1C2=CC=CCC2=C(C(=O)Oc2cccc3cc(O)ccc23)c2ccccc21. The normalized spacial score (nSPS) is 15.1. The predicted molar refractivity (Wildman–Crippen MR) is 115 cm³/mol. The number of phenols is 1. The molecule has 29 heavy (non-hydrogen) atoms. The van der Waals surface area contributed by atoms with Gasteiger partial charge < -0.3 is 14.7 Å². The summed E-state index contributed by atoms with van der Waals surface area (Å²) in [4.78, 5) is 15.5. The molecule has 0 spiro atoms. The molecular formula is C25H19NO3. The van der Waals surface area contributed by atoms with Crippen molar-refractivity contribution < 1.29 is 14.6 Å². The van der Waals surface area contributed by atoms with Crippen molar-refractivity contribution in [3.63, 3.8) is 0 Å². The number of rotatable bonds is 2. The monoisotopic (exact) mass is 381 g/mol. The fraction of sp³-hybridized carbons (Fsp3) is 0.0800. The molecule has 0 radical (unpaired) electrons. The van der Waals surface area contributed by atoms with Gasteiger partial charge in [0.2, 0.25) is 0 Å². The maximum atomic E-state index is 13.4. The van der Waals surface area contributed by atoms with Gasteiger partial charge in [0, 0.05) is 29.4 Å². The molecule has 3 aromatic rings. The summed E-state index contributed by atoms with van der Waals surface area (Å²) >= 11 is 0. The number of anilines is 1. The number of benzene rings is 3. The molecule has 0 saturated heterocycles. The van der Waals surface area contributed by atoms with Gasteiger partial charge in [0.1, 0.15) is 11.5 Å². The number of allylic oxidation sites excluding steroid dienone is 4. The van der Waals surface area contributed by atoms with Gasteiger partial charge >= 0.3 is 5.97 Å². The molecule has 1 heterocycles. The molecule has 0 unspecified atom stereocenters. The Kier molecular flexibility index (Phi) is 3.98. The second-order valence-corrected chi connectivity index (χ2v) is 7.17. The summed E-state index contributed by atoms with van der Waals surface area (Å²) in [6.45, 7) is 0. The highest BCUT2D eigenvalue weighted by Crippen LogP contribution is 2.42. The topological polar surface area (TPSA) is 49.8 Å². The molecular weight excluding hydrogens is 362 g/mol. The number of esters is 1. The van der Waals surface area contributed by atoms with Crippen LogP contribution < -0.4 is 9.64 Å². The molecule has 2 aliphatic rings. The second-order valence-electron chi connectivity index (χ2n) is 7.17. The lowest BCUT2D eigenvalue weighted by molar-refractivity contribution is -0.127. The zero-order valence-corrected chi connectivity index (χ0v) is 15.9. The molecule has 1 aliphatic carbocycles. The highest BCUT2D eigenvalue weighted by molar-refractivity contribution is 6.22. The standard InChI is InChI=1S/C25H19NO3/c1-26-21-10-4-2-8-19(21)24(20-9-3-5-11-22(20)26)25(28)29-23-12-6-7-16-15-17(27)13-14-18(16)23/h2-8,10-15,27H,9H2,1H3. The second kappa shape index (κ2) is 6.67. The molecule has 0 saturated carbocycles. The first kappa shape index (κ1) is 17.3. The van der Waals surface area contributed by atoms with Crippen LogP contribution in [0.1, 0.15) is 12.0 Å². The van der Waals surface area contributed by atoms with Crippen LogP contribution in [-0.4, -0.2) is 18.1 Å². The van der Waals surface area contributed by atoms with E-state index in [1.807, 2.05) is 55.6 Å². The van der Waals surface area contributed by atoms with Crippen molar-refractivity contribution in [1.29, 1.82) is 0 Å². The molecule has 142 valence electrons. The molecule has 0 fully saturated rings. The van der Waals surface area contributed by atoms with Gasteiger partial charge in [0.15, 0.2) is 0 Å². The first-order chi connectivity index (χ1) is 14.1. The third kappa shape index (κ3) is 2.81. The number of nitrogens with zero attached hydrogens (tertiary/aromatic N) is 1. The van der Waals surface area contributed by atoms with E-state index in [9.17, 15) is 9.90 Å². The summed E-state index contributed by atoms with van der Waals surface area (Å²) < 4.78 is 5.90. The van der Waals surface area contributed by atoms with Gasteiger partial charge in [-0.1, -0.05) is 42.5 Å². The van der Waals surface area contributed by atoms with Crippen molar-refractivity contribution in [1.82, 2.24) is 0 Å². The molecule has 0 bridgehead atoms. The van der Waals surface area contributed by atoms with Crippen LogP contribution in [0.25, 0.3) is 16.3 Å². The maximum absolute atomic E-state index is 13.4. The number of hydrogen-bond donors (Lipinski definition) is 1. The van der Waals surface area contributed by atoms with E-state index in [4.69, 9.17) is 4.74 Å². The first-order valence-electron chi connectivity index (χ1n) is 9.51. The van der Waals surface area contributed by atoms with Gasteiger partial charge in [-0.15, -0.1) is 0 Å². The minimum Gasteiger partial charge on any atom is -0.508 e. The number of hydrogen-bond acceptors (Lipinski definition) is 4. The highest BCUT2D eigenvalue weighted by Gasteiger charge is 2.31. The Bertz CT molecular complexity index is 1250. The van der Waals surface area contributed by atoms with E-state index < -0.39 is 0 Å². The fourth-order valence-corrected chi connectivity index (χ4v) is 4.08. The molecule has 4 nitrogen and oxygen atoms in total. The average Bonchev–Trinajstić information content (AvgIpc) is 2.74. The van der Waals surface area contributed by atoms with Crippen molar-refractivity contribution in [2.24, 2.45) is 0 Å². The zero-order chi connectivity index (χ0) is 20.0. The maximum Gasteiger partial charge on any atom is 0.344 e. The van der Waals surface area contributed by atoms with Crippen molar-refractivity contribution >= 4 is 28.0 Å². The lowest BCUT2D eigenvalue weighted by Gasteiger charge is -2.34. The lowest BCUT2D eigenvalue weighted by atomic mass is 9.87. The number of carbonyl (C=O) groups excluding carboxylic acids is 1. The van der Waals surface area contributed by atoms with Crippen LogP contribution in [0.2, 0.25) is 0 Å². The van der Waals surface area contributed by atoms with Crippen molar-refractivity contribution in [2.45, 2.75) is 6.42 Å². The van der Waals surface area contributed by atoms with E-state index in [-0.39, 0.29) is 11.7 Å². The van der Waals surface area contributed by atoms with Crippen LogP contribution in [0.15, 0.2) is 90.2 Å². The molecule has 1 N–H and O–H groups in total. The largest absolute Gasteiger partial charge is 0.508 e. The number of fused-ring (bicyclic) bond motifs is 3. The quantitative estimate of drug-likeness (QED) is 0.490. The first-order valence-corrected chi connectivity index (χ1v) is 9.51. The zero-order valence-electron chi connectivity index (χ0n) is 15.9. The molecule has 0 aromatic heterocycles. The van der Waals surface area contributed by atoms with Gasteiger partial charge in [-0.05, 0) is 53.8 Å². The number of aromatic hydroxyl groups is 1. The van der Waals surface area contributed by atoms with Gasteiger partial charge in [-0.3, -0.25) is 0 Å². The molecule has 1 aliphatic heterocycles. The highest BCUT2D eigenvalue weighted by atomic mass is 16.5.